The Labute approximate surface area is 129 Å². The number of carbonyl (C=O) groups is 2. The molecule has 0 fully saturated rings. The number of nitrogens with one attached hydrogen (secondary N) is 2. The van der Waals surface area contributed by atoms with Gasteiger partial charge >= 0.3 is 12.0 Å². The minimum atomic E-state index is -1.06. The van der Waals surface area contributed by atoms with E-state index in [-0.39, 0.29) is 5.92 Å². The Hall–Kier alpha value is -2.44. The summed E-state index contributed by atoms with van der Waals surface area (Å²) in [5.41, 5.74) is 0.425. The molecule has 0 saturated heterocycles. The maximum absolute atomic E-state index is 12.0. The van der Waals surface area contributed by atoms with Gasteiger partial charge in [0, 0.05) is 6.07 Å². The first-order valence-electron chi connectivity index (χ1n) is 6.89. The molecular formula is C15H22N2O5. The summed E-state index contributed by atoms with van der Waals surface area (Å²) in [5, 5.41) is 14.1. The van der Waals surface area contributed by atoms with Gasteiger partial charge in [-0.3, -0.25) is 0 Å². The molecule has 0 aliphatic heterocycles. The Balaban J connectivity index is 2.77. The van der Waals surface area contributed by atoms with Gasteiger partial charge in [-0.05, 0) is 24.5 Å². The fourth-order valence-electron chi connectivity index (χ4n) is 1.91. The maximum Gasteiger partial charge on any atom is 0.326 e. The highest BCUT2D eigenvalue weighted by molar-refractivity contribution is 5.93. The molecule has 0 bridgehead atoms. The average molecular weight is 310 g/mol. The topological polar surface area (TPSA) is 96.9 Å². The highest BCUT2D eigenvalue weighted by Crippen LogP contribution is 2.28. The number of amides is 2. The van der Waals surface area contributed by atoms with Crippen molar-refractivity contribution in [3.8, 4) is 11.5 Å². The molecule has 1 atom stereocenters. The van der Waals surface area contributed by atoms with Gasteiger partial charge in [-0.1, -0.05) is 13.8 Å². The molecule has 3 N–H and O–H groups in total. The number of urea groups is 1. The number of carbonyl (C=O) groups excluding carboxylic acids is 1. The summed E-state index contributed by atoms with van der Waals surface area (Å²) in [7, 11) is 2.99. The minimum absolute atomic E-state index is 0.150. The van der Waals surface area contributed by atoms with E-state index in [4.69, 9.17) is 14.6 Å². The van der Waals surface area contributed by atoms with E-state index in [0.717, 1.165) is 0 Å². The number of hydrogen-bond acceptors (Lipinski definition) is 4. The third-order valence-electron chi connectivity index (χ3n) is 2.97. The first kappa shape index (κ1) is 17.6. The summed E-state index contributed by atoms with van der Waals surface area (Å²) >= 11 is 0. The molecule has 1 aromatic rings. The fraction of sp³-hybridized carbons (Fsp3) is 0.467. The fourth-order valence-corrected chi connectivity index (χ4v) is 1.91. The van der Waals surface area contributed by atoms with Crippen LogP contribution in [0.1, 0.15) is 20.3 Å². The molecule has 0 aliphatic rings. The van der Waals surface area contributed by atoms with Gasteiger partial charge in [-0.2, -0.15) is 0 Å². The zero-order chi connectivity index (χ0) is 16.7. The summed E-state index contributed by atoms with van der Waals surface area (Å²) in [6.45, 7) is 3.78. The van der Waals surface area contributed by atoms with Gasteiger partial charge in [-0.15, -0.1) is 0 Å². The van der Waals surface area contributed by atoms with Gasteiger partial charge in [0.25, 0.3) is 0 Å². The van der Waals surface area contributed by atoms with E-state index in [1.165, 1.54) is 14.2 Å². The molecule has 1 aromatic carbocycles. The van der Waals surface area contributed by atoms with Crippen LogP contribution in [0.3, 0.4) is 0 Å². The maximum atomic E-state index is 12.0. The second-order valence-electron chi connectivity index (χ2n) is 5.19. The number of carboxylic acids is 1. The lowest BCUT2D eigenvalue weighted by atomic mass is 10.0. The SMILES string of the molecule is COc1ccc(NC(=O)NC(CC(C)C)C(=O)O)c(OC)c1. The number of hydrogen-bond donors (Lipinski definition) is 3. The molecule has 2 amide bonds. The standard InChI is InChI=1S/C15H22N2O5/c1-9(2)7-12(14(18)19)17-15(20)16-11-6-5-10(21-3)8-13(11)22-4/h5-6,8-9,12H,7H2,1-4H3,(H,18,19)(H2,16,17,20). The molecule has 0 aliphatic carbocycles. The molecule has 7 heteroatoms. The summed E-state index contributed by atoms with van der Waals surface area (Å²) in [4.78, 5) is 23.1. The molecule has 122 valence electrons. The Bertz CT molecular complexity index is 531. The highest BCUT2D eigenvalue weighted by atomic mass is 16.5. The smallest absolute Gasteiger partial charge is 0.326 e. The lowest BCUT2D eigenvalue weighted by molar-refractivity contribution is -0.139. The van der Waals surface area contributed by atoms with Gasteiger partial charge in [0.05, 0.1) is 19.9 Å². The quantitative estimate of drug-likeness (QED) is 0.718. The van der Waals surface area contributed by atoms with Crippen molar-refractivity contribution in [2.45, 2.75) is 26.3 Å². The molecule has 7 nitrogen and oxygen atoms in total. The van der Waals surface area contributed by atoms with Crippen LogP contribution in [0.15, 0.2) is 18.2 Å². The first-order valence-corrected chi connectivity index (χ1v) is 6.89. The number of methoxy groups -OCH3 is 2. The van der Waals surface area contributed by atoms with Crippen molar-refractivity contribution in [2.75, 3.05) is 19.5 Å². The van der Waals surface area contributed by atoms with Crippen molar-refractivity contribution >= 4 is 17.7 Å². The number of carboxylic acid groups (broad SMARTS) is 1. The Morgan fingerprint density at radius 3 is 2.41 bits per heavy atom. The molecule has 0 radical (unpaired) electrons. The largest absolute Gasteiger partial charge is 0.497 e. The normalized spacial score (nSPS) is 11.7. The molecular weight excluding hydrogens is 288 g/mol. The van der Waals surface area contributed by atoms with Crippen LogP contribution in [0, 0.1) is 5.92 Å². The van der Waals surface area contributed by atoms with E-state index in [1.54, 1.807) is 18.2 Å². The van der Waals surface area contributed by atoms with E-state index in [9.17, 15) is 9.59 Å². The van der Waals surface area contributed by atoms with E-state index >= 15 is 0 Å². The van der Waals surface area contributed by atoms with E-state index in [1.807, 2.05) is 13.8 Å². The van der Waals surface area contributed by atoms with Crippen LogP contribution in [-0.2, 0) is 4.79 Å². The van der Waals surface area contributed by atoms with Gasteiger partial charge in [-0.25, -0.2) is 9.59 Å². The van der Waals surface area contributed by atoms with Crippen LogP contribution in [-0.4, -0.2) is 37.4 Å². The van der Waals surface area contributed by atoms with E-state index < -0.39 is 18.0 Å². The number of benzene rings is 1. The zero-order valence-electron chi connectivity index (χ0n) is 13.2. The van der Waals surface area contributed by atoms with Crippen LogP contribution >= 0.6 is 0 Å². The summed E-state index contributed by atoms with van der Waals surface area (Å²) < 4.78 is 10.2. The van der Waals surface area contributed by atoms with Crippen LogP contribution in [0.4, 0.5) is 10.5 Å². The molecule has 0 aromatic heterocycles. The Morgan fingerprint density at radius 2 is 1.91 bits per heavy atom. The monoisotopic (exact) mass is 310 g/mol. The molecule has 22 heavy (non-hydrogen) atoms. The molecule has 0 saturated carbocycles. The second kappa shape index (κ2) is 8.11. The molecule has 0 heterocycles. The minimum Gasteiger partial charge on any atom is -0.497 e. The van der Waals surface area contributed by atoms with Gasteiger partial charge in [0.15, 0.2) is 0 Å². The predicted octanol–water partition coefficient (Wildman–Crippen LogP) is 2.32. The van der Waals surface area contributed by atoms with Crippen molar-refractivity contribution in [3.63, 3.8) is 0 Å². The van der Waals surface area contributed by atoms with Gasteiger partial charge < -0.3 is 25.2 Å². The number of anilines is 1. The van der Waals surface area contributed by atoms with Crippen LogP contribution in [0.25, 0.3) is 0 Å². The van der Waals surface area contributed by atoms with Crippen molar-refractivity contribution in [1.82, 2.24) is 5.32 Å². The van der Waals surface area contributed by atoms with Crippen LogP contribution in [0.2, 0.25) is 0 Å². The Morgan fingerprint density at radius 1 is 1.23 bits per heavy atom. The lowest BCUT2D eigenvalue weighted by Gasteiger charge is -2.18. The van der Waals surface area contributed by atoms with Crippen LogP contribution in [0.5, 0.6) is 11.5 Å². The van der Waals surface area contributed by atoms with E-state index in [0.29, 0.717) is 23.6 Å². The zero-order valence-corrected chi connectivity index (χ0v) is 13.2. The number of ether oxygens (including phenoxy) is 2. The van der Waals surface area contributed by atoms with Crippen molar-refractivity contribution in [1.29, 1.82) is 0 Å². The third-order valence-corrected chi connectivity index (χ3v) is 2.97. The second-order valence-corrected chi connectivity index (χ2v) is 5.19. The number of rotatable bonds is 7. The summed E-state index contributed by atoms with van der Waals surface area (Å²) in [6.07, 6.45) is 0.350. The highest BCUT2D eigenvalue weighted by Gasteiger charge is 2.21. The molecule has 0 spiro atoms. The third kappa shape index (κ3) is 5.16. The van der Waals surface area contributed by atoms with Gasteiger partial charge in [0.2, 0.25) is 0 Å². The lowest BCUT2D eigenvalue weighted by Crippen LogP contribution is -2.43. The summed E-state index contributed by atoms with van der Waals surface area (Å²) in [5.74, 6) is 0.0960. The summed E-state index contributed by atoms with van der Waals surface area (Å²) in [6, 6.07) is 3.37. The average Bonchev–Trinajstić information content (AvgIpc) is 2.46. The molecule has 1 rings (SSSR count). The first-order chi connectivity index (χ1) is 10.4. The van der Waals surface area contributed by atoms with Crippen molar-refractivity contribution in [2.24, 2.45) is 5.92 Å². The van der Waals surface area contributed by atoms with Crippen LogP contribution < -0.4 is 20.1 Å². The van der Waals surface area contributed by atoms with Gasteiger partial charge in [0.1, 0.15) is 17.5 Å². The number of aliphatic carboxylic acids is 1. The Kier molecular flexibility index (Phi) is 6.49. The van der Waals surface area contributed by atoms with Crippen molar-refractivity contribution < 1.29 is 24.2 Å². The van der Waals surface area contributed by atoms with Crippen molar-refractivity contribution in [3.05, 3.63) is 18.2 Å². The molecule has 1 unspecified atom stereocenters. The predicted molar refractivity (Wildman–Crippen MR) is 82.6 cm³/mol. The van der Waals surface area contributed by atoms with E-state index in [2.05, 4.69) is 10.6 Å².